The predicted molar refractivity (Wildman–Crippen MR) is 48.3 cm³/mol. The van der Waals surface area contributed by atoms with Crippen LogP contribution in [-0.4, -0.2) is 12.5 Å². The van der Waals surface area contributed by atoms with Gasteiger partial charge in [-0.25, -0.2) is 4.39 Å². The first kappa shape index (κ1) is 8.42. The highest BCUT2D eigenvalue weighted by atomic mass is 19.1. The molecule has 1 aromatic carbocycles. The molecule has 1 nitrogen and oxygen atoms in total. The Balaban J connectivity index is 2.29. The lowest BCUT2D eigenvalue weighted by atomic mass is 9.64. The van der Waals surface area contributed by atoms with Crippen LogP contribution >= 0.6 is 0 Å². The number of aldehydes is 1. The summed E-state index contributed by atoms with van der Waals surface area (Å²) in [7, 11) is 0. The molecule has 68 valence electrons. The van der Waals surface area contributed by atoms with Crippen LogP contribution in [0.3, 0.4) is 0 Å². The van der Waals surface area contributed by atoms with Crippen molar-refractivity contribution in [3.05, 3.63) is 35.9 Å². The third-order valence-corrected chi connectivity index (χ3v) is 2.75. The van der Waals surface area contributed by atoms with Crippen molar-refractivity contribution < 1.29 is 9.18 Å². The minimum atomic E-state index is -0.801. The average molecular weight is 178 g/mol. The second-order valence-corrected chi connectivity index (χ2v) is 3.65. The fourth-order valence-corrected chi connectivity index (χ4v) is 1.90. The molecule has 1 aliphatic rings. The van der Waals surface area contributed by atoms with Gasteiger partial charge in [0.15, 0.2) is 0 Å². The van der Waals surface area contributed by atoms with Crippen LogP contribution in [0, 0.1) is 0 Å². The Morgan fingerprint density at radius 1 is 1.31 bits per heavy atom. The normalized spacial score (nSPS) is 32.2. The van der Waals surface area contributed by atoms with Crippen molar-refractivity contribution in [2.24, 2.45) is 0 Å². The number of alkyl halides is 1. The number of carbonyl (C=O) groups is 1. The Morgan fingerprint density at radius 2 is 1.92 bits per heavy atom. The molecule has 2 heteroatoms. The van der Waals surface area contributed by atoms with Gasteiger partial charge in [0, 0.05) is 0 Å². The molecule has 2 rings (SSSR count). The molecule has 0 saturated heterocycles. The molecule has 0 aliphatic heterocycles. The van der Waals surface area contributed by atoms with E-state index in [0.717, 1.165) is 11.8 Å². The summed E-state index contributed by atoms with van der Waals surface area (Å²) in [6, 6.07) is 9.44. The minimum Gasteiger partial charge on any atom is -0.302 e. The van der Waals surface area contributed by atoms with Crippen LogP contribution in [0.2, 0.25) is 0 Å². The largest absolute Gasteiger partial charge is 0.302 e. The van der Waals surface area contributed by atoms with Crippen LogP contribution in [-0.2, 0) is 10.2 Å². The Hall–Kier alpha value is -1.18. The van der Waals surface area contributed by atoms with Gasteiger partial charge in [-0.3, -0.25) is 0 Å². The lowest BCUT2D eigenvalue weighted by molar-refractivity contribution is -0.117. The van der Waals surface area contributed by atoms with Crippen molar-refractivity contribution in [1.82, 2.24) is 0 Å². The summed E-state index contributed by atoms with van der Waals surface area (Å²) >= 11 is 0. The number of carbonyl (C=O) groups excluding carboxylic acids is 1. The first-order valence-electron chi connectivity index (χ1n) is 4.43. The SMILES string of the molecule is O=CC1(c2ccccc2)CC(F)C1. The van der Waals surface area contributed by atoms with Gasteiger partial charge in [-0.1, -0.05) is 30.3 Å². The molecule has 0 atom stereocenters. The highest BCUT2D eigenvalue weighted by Gasteiger charge is 2.45. The molecule has 1 saturated carbocycles. The first-order chi connectivity index (χ1) is 6.27. The molecule has 1 aliphatic carbocycles. The molecule has 1 fully saturated rings. The van der Waals surface area contributed by atoms with Crippen LogP contribution in [0.5, 0.6) is 0 Å². The van der Waals surface area contributed by atoms with E-state index in [1.807, 2.05) is 30.3 Å². The van der Waals surface area contributed by atoms with Gasteiger partial charge in [-0.2, -0.15) is 0 Å². The third-order valence-electron chi connectivity index (χ3n) is 2.75. The predicted octanol–water partition coefficient (Wildman–Crippen LogP) is 2.26. The zero-order valence-corrected chi connectivity index (χ0v) is 7.24. The zero-order valence-electron chi connectivity index (χ0n) is 7.24. The lowest BCUT2D eigenvalue weighted by Gasteiger charge is -2.39. The van der Waals surface area contributed by atoms with Gasteiger partial charge in [0.1, 0.15) is 12.5 Å². The van der Waals surface area contributed by atoms with E-state index in [9.17, 15) is 9.18 Å². The molecular weight excluding hydrogens is 167 g/mol. The van der Waals surface area contributed by atoms with Gasteiger partial charge in [0.05, 0.1) is 5.41 Å². The number of hydrogen-bond acceptors (Lipinski definition) is 1. The molecule has 0 spiro atoms. The lowest BCUT2D eigenvalue weighted by Crippen LogP contribution is -2.43. The number of halogens is 1. The molecule has 0 amide bonds. The second-order valence-electron chi connectivity index (χ2n) is 3.65. The quantitative estimate of drug-likeness (QED) is 0.635. The van der Waals surface area contributed by atoms with Crippen molar-refractivity contribution in [3.63, 3.8) is 0 Å². The molecule has 0 bridgehead atoms. The monoisotopic (exact) mass is 178 g/mol. The summed E-state index contributed by atoms with van der Waals surface area (Å²) in [5.41, 5.74) is 0.416. The Kier molecular flexibility index (Phi) is 1.91. The van der Waals surface area contributed by atoms with E-state index in [1.165, 1.54) is 0 Å². The smallest absolute Gasteiger partial charge is 0.130 e. The van der Waals surface area contributed by atoms with E-state index in [1.54, 1.807) is 0 Å². The van der Waals surface area contributed by atoms with Crippen molar-refractivity contribution in [1.29, 1.82) is 0 Å². The average Bonchev–Trinajstić information content (AvgIpc) is 2.14. The third kappa shape index (κ3) is 1.26. The molecule has 0 unspecified atom stereocenters. The van der Waals surface area contributed by atoms with Crippen molar-refractivity contribution in [2.75, 3.05) is 0 Å². The Labute approximate surface area is 76.6 Å². The molecule has 13 heavy (non-hydrogen) atoms. The second kappa shape index (κ2) is 2.95. The van der Waals surface area contributed by atoms with Crippen molar-refractivity contribution >= 4 is 6.29 Å². The van der Waals surface area contributed by atoms with E-state index in [2.05, 4.69) is 0 Å². The summed E-state index contributed by atoms with van der Waals surface area (Å²) in [5, 5.41) is 0. The minimum absolute atomic E-state index is 0.348. The van der Waals surface area contributed by atoms with Crippen LogP contribution in [0.25, 0.3) is 0 Å². The van der Waals surface area contributed by atoms with Gasteiger partial charge in [-0.15, -0.1) is 0 Å². The van der Waals surface area contributed by atoms with E-state index in [4.69, 9.17) is 0 Å². The molecule has 0 radical (unpaired) electrons. The maximum Gasteiger partial charge on any atom is 0.130 e. The molecule has 0 heterocycles. The highest BCUT2D eigenvalue weighted by Crippen LogP contribution is 2.43. The van der Waals surface area contributed by atoms with Gasteiger partial charge in [0.25, 0.3) is 0 Å². The number of benzene rings is 1. The molecule has 0 N–H and O–H groups in total. The maximum absolute atomic E-state index is 12.7. The summed E-state index contributed by atoms with van der Waals surface area (Å²) in [4.78, 5) is 10.9. The molecular formula is C11H11FO. The van der Waals surface area contributed by atoms with E-state index < -0.39 is 11.6 Å². The van der Waals surface area contributed by atoms with Gasteiger partial charge in [-0.05, 0) is 18.4 Å². The topological polar surface area (TPSA) is 17.1 Å². The first-order valence-corrected chi connectivity index (χ1v) is 4.43. The van der Waals surface area contributed by atoms with E-state index in [-0.39, 0.29) is 0 Å². The zero-order chi connectivity index (χ0) is 9.31. The summed E-state index contributed by atoms with van der Waals surface area (Å²) in [6.07, 6.45) is 0.782. The number of rotatable bonds is 2. The van der Waals surface area contributed by atoms with E-state index >= 15 is 0 Å². The van der Waals surface area contributed by atoms with Crippen LogP contribution < -0.4 is 0 Å². The van der Waals surface area contributed by atoms with Crippen LogP contribution in [0.1, 0.15) is 18.4 Å². The fraction of sp³-hybridized carbons (Fsp3) is 0.364. The van der Waals surface area contributed by atoms with Gasteiger partial charge >= 0.3 is 0 Å². The summed E-state index contributed by atoms with van der Waals surface area (Å²) < 4.78 is 12.7. The maximum atomic E-state index is 12.7. The van der Waals surface area contributed by atoms with Crippen LogP contribution in [0.4, 0.5) is 4.39 Å². The fourth-order valence-electron chi connectivity index (χ4n) is 1.90. The highest BCUT2D eigenvalue weighted by molar-refractivity contribution is 5.70. The van der Waals surface area contributed by atoms with Gasteiger partial charge in [0.2, 0.25) is 0 Å². The molecule has 0 aromatic heterocycles. The van der Waals surface area contributed by atoms with Crippen LogP contribution in [0.15, 0.2) is 30.3 Å². The Morgan fingerprint density at radius 3 is 2.38 bits per heavy atom. The Bertz CT molecular complexity index is 301. The van der Waals surface area contributed by atoms with Crippen molar-refractivity contribution in [3.8, 4) is 0 Å². The summed E-state index contributed by atoms with van der Waals surface area (Å²) in [5.74, 6) is 0. The van der Waals surface area contributed by atoms with E-state index in [0.29, 0.717) is 12.8 Å². The van der Waals surface area contributed by atoms with Gasteiger partial charge < -0.3 is 4.79 Å². The van der Waals surface area contributed by atoms with Crippen molar-refractivity contribution in [2.45, 2.75) is 24.4 Å². The summed E-state index contributed by atoms with van der Waals surface area (Å²) in [6.45, 7) is 0. The number of hydrogen-bond donors (Lipinski definition) is 0. The standard InChI is InChI=1S/C11H11FO/c12-10-6-11(7-10,8-13)9-4-2-1-3-5-9/h1-5,8,10H,6-7H2. The molecule has 1 aromatic rings.